The molecule has 0 saturated carbocycles. The van der Waals surface area contributed by atoms with E-state index in [1.54, 1.807) is 26.0 Å². The molecule has 2 unspecified atom stereocenters. The van der Waals surface area contributed by atoms with Gasteiger partial charge < -0.3 is 19.3 Å². The van der Waals surface area contributed by atoms with E-state index in [2.05, 4.69) is 302 Å². The molecule has 11 aromatic rings. The quantitative estimate of drug-likeness (QED) is 0.0591. The average Bonchev–Trinajstić information content (AvgIpc) is 1.55. The second-order valence-electron chi connectivity index (χ2n) is 22.5. The lowest BCUT2D eigenvalue weighted by atomic mass is 9.65. The van der Waals surface area contributed by atoms with Gasteiger partial charge in [-0.15, -0.1) is 36.7 Å². The Balaban J connectivity index is 0.840. The number of anilines is 6. The van der Waals surface area contributed by atoms with Gasteiger partial charge in [0.2, 0.25) is 0 Å². The van der Waals surface area contributed by atoms with Gasteiger partial charge in [-0.2, -0.15) is 0 Å². The number of hydrogen-bond acceptors (Lipinski definition) is 6. The van der Waals surface area contributed by atoms with Crippen LogP contribution >= 0.6 is 23.5 Å². The SMILES string of the molecule is C=CCSc1ccc(C2(C3=CC=C(OC)CC3)c3ccccc3-c3ccc(N(c4ccccc4)c4ccc(-c5ccc(N(c6ccccc6)c6ccc7c(c6)C(c6ccc(OC)cc6)(c6ccc(SCC=C)cc6)c6ccccc6-7)cc5)cc4)cc32)cc1. The third-order valence-corrected chi connectivity index (χ3v) is 19.9. The molecule has 0 saturated heterocycles. The van der Waals surface area contributed by atoms with Crippen LogP contribution in [0.1, 0.15) is 51.8 Å². The van der Waals surface area contributed by atoms with Crippen LogP contribution in [0.15, 0.2) is 326 Å². The van der Waals surface area contributed by atoms with Crippen molar-refractivity contribution in [2.24, 2.45) is 0 Å². The molecule has 3 aliphatic carbocycles. The Morgan fingerprint density at radius 2 is 0.773 bits per heavy atom. The molecule has 6 heteroatoms. The molecule has 14 rings (SSSR count). The van der Waals surface area contributed by atoms with Crippen molar-refractivity contribution < 1.29 is 9.47 Å². The molecule has 11 aromatic carbocycles. The number of allylic oxidation sites excluding steroid dienone is 4. The lowest BCUT2D eigenvalue weighted by Crippen LogP contribution is -2.30. The van der Waals surface area contributed by atoms with Crippen molar-refractivity contribution >= 4 is 57.6 Å². The van der Waals surface area contributed by atoms with E-state index in [1.165, 1.54) is 76.6 Å². The van der Waals surface area contributed by atoms with Crippen LogP contribution in [-0.4, -0.2) is 25.7 Å². The molecule has 428 valence electrons. The maximum atomic E-state index is 5.82. The summed E-state index contributed by atoms with van der Waals surface area (Å²) in [6.07, 6.45) is 10.2. The van der Waals surface area contributed by atoms with E-state index in [0.717, 1.165) is 81.1 Å². The van der Waals surface area contributed by atoms with Gasteiger partial charge in [0.15, 0.2) is 0 Å². The number of ether oxygens (including phenoxy) is 2. The molecule has 88 heavy (non-hydrogen) atoms. The molecule has 0 spiro atoms. The maximum Gasteiger partial charge on any atom is 0.118 e. The minimum atomic E-state index is -0.613. The number of hydrogen-bond donors (Lipinski definition) is 0. The molecule has 0 fully saturated rings. The van der Waals surface area contributed by atoms with Gasteiger partial charge >= 0.3 is 0 Å². The molecule has 4 nitrogen and oxygen atoms in total. The van der Waals surface area contributed by atoms with Gasteiger partial charge in [0, 0.05) is 61.8 Å². The summed E-state index contributed by atoms with van der Waals surface area (Å²) in [6, 6.07) is 98.9. The summed E-state index contributed by atoms with van der Waals surface area (Å²) in [6.45, 7) is 7.96. The summed E-state index contributed by atoms with van der Waals surface area (Å²) < 4.78 is 11.6. The van der Waals surface area contributed by atoms with Gasteiger partial charge in [-0.25, -0.2) is 0 Å². The fourth-order valence-corrected chi connectivity index (χ4v) is 15.2. The van der Waals surface area contributed by atoms with Crippen LogP contribution in [0.4, 0.5) is 34.1 Å². The van der Waals surface area contributed by atoms with Crippen LogP contribution in [0.5, 0.6) is 5.75 Å². The third kappa shape index (κ3) is 9.78. The Bertz CT molecular complexity index is 4420. The second kappa shape index (κ2) is 24.2. The van der Waals surface area contributed by atoms with Gasteiger partial charge in [0.25, 0.3) is 0 Å². The fraction of sp³-hybridized carbons (Fsp3) is 0.0976. The van der Waals surface area contributed by atoms with E-state index in [9.17, 15) is 0 Å². The van der Waals surface area contributed by atoms with Crippen molar-refractivity contribution in [3.63, 3.8) is 0 Å². The average molecular weight is 1180 g/mol. The third-order valence-electron chi connectivity index (χ3n) is 17.9. The Labute approximate surface area is 526 Å². The van der Waals surface area contributed by atoms with Crippen molar-refractivity contribution in [2.45, 2.75) is 33.5 Å². The van der Waals surface area contributed by atoms with Crippen molar-refractivity contribution in [1.29, 1.82) is 0 Å². The Kier molecular flexibility index (Phi) is 15.4. The Morgan fingerprint density at radius 1 is 0.375 bits per heavy atom. The number of fused-ring (bicyclic) bond motifs is 6. The predicted molar refractivity (Wildman–Crippen MR) is 371 cm³/mol. The first-order valence-electron chi connectivity index (χ1n) is 30.1. The minimum Gasteiger partial charge on any atom is -0.501 e. The van der Waals surface area contributed by atoms with Gasteiger partial charge in [-0.1, -0.05) is 182 Å². The molecule has 0 aliphatic heterocycles. The number of benzene rings is 11. The van der Waals surface area contributed by atoms with E-state index in [4.69, 9.17) is 9.47 Å². The van der Waals surface area contributed by atoms with E-state index < -0.39 is 10.8 Å². The minimum absolute atomic E-state index is 0.528. The number of methoxy groups -OCH3 is 2. The van der Waals surface area contributed by atoms with E-state index in [0.29, 0.717) is 0 Å². The Hall–Kier alpha value is -9.72. The monoisotopic (exact) mass is 1170 g/mol. The van der Waals surface area contributed by atoms with Gasteiger partial charge in [0.1, 0.15) is 5.75 Å². The number of thioether (sulfide) groups is 2. The lowest BCUT2D eigenvalue weighted by Gasteiger charge is -2.38. The van der Waals surface area contributed by atoms with Crippen molar-refractivity contribution in [3.8, 4) is 39.1 Å². The molecular weight excluding hydrogens is 1110 g/mol. The molecule has 0 N–H and O–H groups in total. The van der Waals surface area contributed by atoms with Crippen LogP contribution < -0.4 is 14.5 Å². The van der Waals surface area contributed by atoms with Crippen LogP contribution in [0.2, 0.25) is 0 Å². The summed E-state index contributed by atoms with van der Waals surface area (Å²) in [4.78, 5) is 7.24. The van der Waals surface area contributed by atoms with Crippen LogP contribution in [0.25, 0.3) is 33.4 Å². The van der Waals surface area contributed by atoms with Crippen LogP contribution in [0, 0.1) is 0 Å². The zero-order valence-corrected chi connectivity index (χ0v) is 51.1. The topological polar surface area (TPSA) is 24.9 Å². The normalized spacial score (nSPS) is 16.0. The van der Waals surface area contributed by atoms with Gasteiger partial charge in [-0.05, 0) is 194 Å². The van der Waals surface area contributed by atoms with E-state index >= 15 is 0 Å². The number of rotatable bonds is 19. The lowest BCUT2D eigenvalue weighted by molar-refractivity contribution is 0.274. The zero-order valence-electron chi connectivity index (χ0n) is 49.5. The van der Waals surface area contributed by atoms with Crippen molar-refractivity contribution in [2.75, 3.05) is 35.5 Å². The highest BCUT2D eigenvalue weighted by Gasteiger charge is 2.49. The summed E-state index contributed by atoms with van der Waals surface area (Å²) in [7, 11) is 3.51. The molecule has 0 heterocycles. The molecule has 0 aromatic heterocycles. The largest absolute Gasteiger partial charge is 0.501 e. The first-order chi connectivity index (χ1) is 43.4. The van der Waals surface area contributed by atoms with Crippen LogP contribution in [0.3, 0.4) is 0 Å². The molecule has 3 aliphatic rings. The first-order valence-corrected chi connectivity index (χ1v) is 32.1. The van der Waals surface area contributed by atoms with Gasteiger partial charge in [-0.3, -0.25) is 0 Å². The van der Waals surface area contributed by atoms with E-state index in [-0.39, 0.29) is 0 Å². The summed E-state index contributed by atoms with van der Waals surface area (Å²) in [5.74, 6) is 3.55. The van der Waals surface area contributed by atoms with E-state index in [1.807, 2.05) is 23.9 Å². The standard InChI is InChI=1S/C82H66N2O2S2/c1-5-53-87-71-47-33-61(34-48-71)81(59-29-43-69(85-3)44-30-59)77-23-15-13-21-73(77)75-51-41-67(55-79(75)81)83(63-17-9-7-10-18-63)65-37-25-57(26-38-65)58-27-39-66(40-28-58)84(64-19-11-8-12-20-64)68-42-52-76-74-22-14-16-24-78(74)82(80(76)56-68,60-31-45-70(86-4)46-32-60)62-35-49-72(50-36-62)88-54-6-2/h5-31,33-45,47-52,55-56H,1-2,32,46,53-54H2,3-4H3. The fourth-order valence-electron chi connectivity index (χ4n) is 14.0. The molecular formula is C82H66N2O2S2. The summed E-state index contributed by atoms with van der Waals surface area (Å²) in [5.41, 5.74) is 22.7. The highest BCUT2D eigenvalue weighted by molar-refractivity contribution is 7.99. The first kappa shape index (κ1) is 56.1. The molecule has 0 amide bonds. The number of para-hydroxylation sites is 2. The summed E-state index contributed by atoms with van der Waals surface area (Å²) in [5, 5.41) is 0. The highest BCUT2D eigenvalue weighted by Crippen LogP contribution is 2.60. The second-order valence-corrected chi connectivity index (χ2v) is 24.7. The van der Waals surface area contributed by atoms with Gasteiger partial charge in [0.05, 0.1) is 30.8 Å². The molecule has 2 atom stereocenters. The maximum absolute atomic E-state index is 5.82. The zero-order chi connectivity index (χ0) is 59.6. The highest BCUT2D eigenvalue weighted by atomic mass is 32.2. The summed E-state index contributed by atoms with van der Waals surface area (Å²) >= 11 is 3.61. The number of nitrogens with zero attached hydrogens (tertiary/aromatic N) is 2. The van der Waals surface area contributed by atoms with Crippen LogP contribution in [-0.2, 0) is 15.6 Å². The predicted octanol–water partition coefficient (Wildman–Crippen LogP) is 21.8. The van der Waals surface area contributed by atoms with Crippen molar-refractivity contribution in [1.82, 2.24) is 0 Å². The molecule has 0 bridgehead atoms. The smallest absolute Gasteiger partial charge is 0.118 e. The molecule has 0 radical (unpaired) electrons. The van der Waals surface area contributed by atoms with Crippen molar-refractivity contribution in [3.05, 3.63) is 355 Å². The Morgan fingerprint density at radius 3 is 1.22 bits per heavy atom.